The van der Waals surface area contributed by atoms with Crippen molar-refractivity contribution in [1.29, 1.82) is 0 Å². The normalized spacial score (nSPS) is 26.5. The first kappa shape index (κ1) is 41.3. The molecular weight excluding hydrogens is 753 g/mol. The van der Waals surface area contributed by atoms with E-state index >= 15 is 0 Å². The molecule has 4 fully saturated rings. The second kappa shape index (κ2) is 19.7. The van der Waals surface area contributed by atoms with Gasteiger partial charge in [0.25, 0.3) is 0 Å². The summed E-state index contributed by atoms with van der Waals surface area (Å²) in [6.07, 6.45) is 9.12. The van der Waals surface area contributed by atoms with Crippen molar-refractivity contribution in [2.24, 2.45) is 11.8 Å². The molecule has 4 aliphatic rings. The summed E-state index contributed by atoms with van der Waals surface area (Å²) in [5.41, 5.74) is 1.81. The van der Waals surface area contributed by atoms with Crippen molar-refractivity contribution in [2.45, 2.75) is 99.1 Å². The Morgan fingerprint density at radius 1 is 0.643 bits per heavy atom. The number of thioether (sulfide) groups is 2. The smallest absolute Gasteiger partial charge is 0.328 e. The van der Waals surface area contributed by atoms with Crippen LogP contribution in [0.3, 0.4) is 0 Å². The number of nitrogens with zero attached hydrogens (tertiary/aromatic N) is 2. The van der Waals surface area contributed by atoms with Gasteiger partial charge in [-0.25, -0.2) is 9.59 Å². The van der Waals surface area contributed by atoms with Crippen molar-refractivity contribution >= 4 is 59.1 Å². The molecule has 6 rings (SSSR count). The number of esters is 2. The Hall–Kier alpha value is -4.30. The predicted octanol–water partition coefficient (Wildman–Crippen LogP) is 4.26. The van der Waals surface area contributed by atoms with E-state index in [2.05, 4.69) is 10.6 Å². The van der Waals surface area contributed by atoms with Gasteiger partial charge in [-0.15, -0.1) is 23.5 Å². The standard InChI is InChI=1S/C42H52N4O8S2/c1-53-41(51)33-15-9-17-35-45(33)39(49)31(21-23-55-35)43-37(47)29(25-27-11-5-3-6-12-27)19-20-30(26-28-13-7-4-8-14-28)38(48)44-32-22-24-56-36-18-10-16-34(42(52)54-2)46(36)40(32)50/h3-8,11-14,19-20,29-36H,9-10,15-18,21-26H2,1-2H3,(H,43,47)(H,44,48)/b20-19+/t29-,30-,31+,32+,33+,34+,35+,36+/m1/s1. The van der Waals surface area contributed by atoms with Crippen LogP contribution in [0.15, 0.2) is 72.8 Å². The van der Waals surface area contributed by atoms with Gasteiger partial charge < -0.3 is 29.9 Å². The van der Waals surface area contributed by atoms with Crippen molar-refractivity contribution < 1.29 is 38.2 Å². The van der Waals surface area contributed by atoms with Crippen LogP contribution in [0.25, 0.3) is 0 Å². The van der Waals surface area contributed by atoms with Gasteiger partial charge in [-0.1, -0.05) is 72.8 Å². The molecule has 0 unspecified atom stereocenters. The van der Waals surface area contributed by atoms with Gasteiger partial charge in [0.05, 0.1) is 36.8 Å². The number of carbonyl (C=O) groups is 6. The van der Waals surface area contributed by atoms with Crippen LogP contribution in [0.2, 0.25) is 0 Å². The molecular formula is C42H52N4O8S2. The van der Waals surface area contributed by atoms with Crippen LogP contribution in [0, 0.1) is 11.8 Å². The molecule has 0 aliphatic carbocycles. The minimum Gasteiger partial charge on any atom is -0.467 e. The van der Waals surface area contributed by atoms with Crippen LogP contribution >= 0.6 is 23.5 Å². The number of fused-ring (bicyclic) bond motifs is 2. The fourth-order valence-electron chi connectivity index (χ4n) is 8.16. The number of nitrogens with one attached hydrogen (secondary N) is 2. The van der Waals surface area contributed by atoms with Gasteiger partial charge >= 0.3 is 11.9 Å². The molecule has 8 atom stereocenters. The molecule has 4 saturated heterocycles. The number of hydrogen-bond donors (Lipinski definition) is 2. The fourth-order valence-corrected chi connectivity index (χ4v) is 10.9. The monoisotopic (exact) mass is 804 g/mol. The number of amides is 4. The number of piperidine rings is 2. The molecule has 0 radical (unpaired) electrons. The van der Waals surface area contributed by atoms with Crippen LogP contribution < -0.4 is 10.6 Å². The highest BCUT2D eigenvalue weighted by molar-refractivity contribution is 8.00. The minimum atomic E-state index is -0.827. The van der Waals surface area contributed by atoms with Gasteiger partial charge in [0, 0.05) is 0 Å². The highest BCUT2D eigenvalue weighted by Gasteiger charge is 2.45. The van der Waals surface area contributed by atoms with E-state index < -0.39 is 47.9 Å². The Labute approximate surface area is 337 Å². The number of carbonyl (C=O) groups excluding carboxylic acids is 6. The first-order chi connectivity index (χ1) is 27.2. The van der Waals surface area contributed by atoms with Crippen LogP contribution in [0.4, 0.5) is 0 Å². The van der Waals surface area contributed by atoms with E-state index in [1.807, 2.05) is 60.7 Å². The van der Waals surface area contributed by atoms with Gasteiger partial charge in [0.15, 0.2) is 0 Å². The Balaban J connectivity index is 1.24. The van der Waals surface area contributed by atoms with Crippen molar-refractivity contribution in [3.8, 4) is 0 Å². The molecule has 0 bridgehead atoms. The topological polar surface area (TPSA) is 151 Å². The lowest BCUT2D eigenvalue weighted by Crippen LogP contribution is -2.58. The van der Waals surface area contributed by atoms with E-state index in [1.165, 1.54) is 14.2 Å². The maximum Gasteiger partial charge on any atom is 0.328 e. The van der Waals surface area contributed by atoms with Gasteiger partial charge in [-0.3, -0.25) is 19.2 Å². The minimum absolute atomic E-state index is 0.161. The van der Waals surface area contributed by atoms with Crippen LogP contribution in [0.1, 0.15) is 62.5 Å². The third-order valence-electron chi connectivity index (χ3n) is 11.1. The van der Waals surface area contributed by atoms with Gasteiger partial charge in [-0.2, -0.15) is 0 Å². The number of benzene rings is 2. The summed E-state index contributed by atoms with van der Waals surface area (Å²) >= 11 is 3.25. The second-order valence-corrected chi connectivity index (χ2v) is 17.3. The maximum atomic E-state index is 14.3. The summed E-state index contributed by atoms with van der Waals surface area (Å²) in [4.78, 5) is 85.3. The third kappa shape index (κ3) is 9.98. The quantitative estimate of drug-likeness (QED) is 0.235. The summed E-state index contributed by atoms with van der Waals surface area (Å²) in [6, 6.07) is 16.1. The number of rotatable bonds is 12. The van der Waals surface area contributed by atoms with E-state index in [1.54, 1.807) is 45.5 Å². The average Bonchev–Trinajstić information content (AvgIpc) is 3.48. The Bertz CT molecular complexity index is 1620. The van der Waals surface area contributed by atoms with E-state index in [0.29, 0.717) is 50.0 Å². The number of methoxy groups -OCH3 is 2. The Kier molecular flexibility index (Phi) is 14.6. The van der Waals surface area contributed by atoms with E-state index in [4.69, 9.17) is 9.47 Å². The molecule has 4 amide bonds. The highest BCUT2D eigenvalue weighted by Crippen LogP contribution is 2.36. The fraction of sp³-hybridized carbons (Fsp3) is 0.524. The molecule has 2 aromatic carbocycles. The lowest BCUT2D eigenvalue weighted by atomic mass is 9.92. The van der Waals surface area contributed by atoms with Crippen molar-refractivity contribution in [3.63, 3.8) is 0 Å². The molecule has 2 N–H and O–H groups in total. The summed E-state index contributed by atoms with van der Waals surface area (Å²) in [5.74, 6) is -2.41. The molecule has 56 heavy (non-hydrogen) atoms. The first-order valence-electron chi connectivity index (χ1n) is 19.6. The molecule has 0 spiro atoms. The Morgan fingerprint density at radius 2 is 1.04 bits per heavy atom. The average molecular weight is 805 g/mol. The molecule has 14 heteroatoms. The van der Waals surface area contributed by atoms with Gasteiger partial charge in [0.1, 0.15) is 24.2 Å². The summed E-state index contributed by atoms with van der Waals surface area (Å²) < 4.78 is 10.1. The molecule has 300 valence electrons. The van der Waals surface area contributed by atoms with E-state index in [9.17, 15) is 28.8 Å². The second-order valence-electron chi connectivity index (χ2n) is 14.8. The van der Waals surface area contributed by atoms with Crippen LogP contribution in [-0.4, -0.2) is 106 Å². The lowest BCUT2D eigenvalue weighted by Gasteiger charge is -2.40. The van der Waals surface area contributed by atoms with Crippen LogP contribution in [0.5, 0.6) is 0 Å². The first-order valence-corrected chi connectivity index (χ1v) is 21.7. The summed E-state index contributed by atoms with van der Waals surface area (Å²) in [7, 11) is 2.65. The zero-order valence-electron chi connectivity index (χ0n) is 32.0. The molecule has 4 heterocycles. The SMILES string of the molecule is COC(=O)[C@@H]1CCC[C@@H]2SCC[C@H](NC(=O)[C@H](/C=C/[C@H](Cc3ccccc3)C(=O)N[C@H]3CCS[C@H]4CCC[C@@H](C(=O)OC)N4C3=O)Cc3ccccc3)C(=O)N21. The molecule has 0 saturated carbocycles. The summed E-state index contributed by atoms with van der Waals surface area (Å²) in [5, 5.41) is 5.73. The van der Waals surface area contributed by atoms with Gasteiger partial charge in [-0.05, 0) is 86.8 Å². The predicted molar refractivity (Wildman–Crippen MR) is 215 cm³/mol. The zero-order chi connectivity index (χ0) is 39.6. The molecule has 12 nitrogen and oxygen atoms in total. The maximum absolute atomic E-state index is 14.3. The Morgan fingerprint density at radius 3 is 1.41 bits per heavy atom. The lowest BCUT2D eigenvalue weighted by molar-refractivity contribution is -0.156. The van der Waals surface area contributed by atoms with Crippen molar-refractivity contribution in [3.05, 3.63) is 83.9 Å². The number of ether oxygens (including phenoxy) is 2. The number of hydrogen-bond acceptors (Lipinski definition) is 10. The molecule has 2 aromatic rings. The van der Waals surface area contributed by atoms with Gasteiger partial charge in [0.2, 0.25) is 23.6 Å². The highest BCUT2D eigenvalue weighted by atomic mass is 32.2. The summed E-state index contributed by atoms with van der Waals surface area (Å²) in [6.45, 7) is 0. The van der Waals surface area contributed by atoms with E-state index in [-0.39, 0.29) is 34.4 Å². The van der Waals surface area contributed by atoms with E-state index in [0.717, 1.165) is 36.8 Å². The third-order valence-corrected chi connectivity index (χ3v) is 13.8. The molecule has 4 aliphatic heterocycles. The largest absolute Gasteiger partial charge is 0.467 e. The van der Waals surface area contributed by atoms with Crippen molar-refractivity contribution in [2.75, 3.05) is 25.7 Å². The van der Waals surface area contributed by atoms with Crippen molar-refractivity contribution in [1.82, 2.24) is 20.4 Å². The molecule has 0 aromatic heterocycles. The zero-order valence-corrected chi connectivity index (χ0v) is 33.6. The van der Waals surface area contributed by atoms with Crippen LogP contribution in [-0.2, 0) is 51.1 Å².